The Balaban J connectivity index is 0.00000264. The van der Waals surface area contributed by atoms with Crippen LogP contribution in [0.4, 0.5) is 4.39 Å². The van der Waals surface area contributed by atoms with E-state index in [2.05, 4.69) is 10.3 Å². The Labute approximate surface area is 139 Å². The second-order valence-corrected chi connectivity index (χ2v) is 5.97. The lowest BCUT2D eigenvalue weighted by Crippen LogP contribution is -2.55. The number of hydrogen-bond acceptors (Lipinski definition) is 3. The van der Waals surface area contributed by atoms with Crippen LogP contribution in [0.5, 0.6) is 0 Å². The predicted octanol–water partition coefficient (Wildman–Crippen LogP) is 2.19. The number of H-pyrrole nitrogens is 1. The maximum Gasteiger partial charge on any atom is 0.252 e. The van der Waals surface area contributed by atoms with Crippen molar-refractivity contribution < 1.29 is 9.18 Å². The lowest BCUT2D eigenvalue weighted by molar-refractivity contribution is 0.0884. The third-order valence-electron chi connectivity index (χ3n) is 4.15. The van der Waals surface area contributed by atoms with Gasteiger partial charge in [-0.15, -0.1) is 12.4 Å². The molecule has 0 bridgehead atoms. The maximum absolute atomic E-state index is 13.3. The van der Waals surface area contributed by atoms with E-state index < -0.39 is 22.8 Å². The average Bonchev–Trinajstić information content (AvgIpc) is 2.45. The van der Waals surface area contributed by atoms with Gasteiger partial charge in [0.05, 0.1) is 16.6 Å². The predicted molar refractivity (Wildman–Crippen MR) is 91.5 cm³/mol. The van der Waals surface area contributed by atoms with E-state index in [0.717, 1.165) is 0 Å². The zero-order chi connectivity index (χ0) is 16.5. The maximum atomic E-state index is 13.3. The molecule has 5 nitrogen and oxygen atoms in total. The number of nitrogens with two attached hydrogens (primary N) is 1. The summed E-state index contributed by atoms with van der Waals surface area (Å²) in [6.45, 7) is 6.04. The summed E-state index contributed by atoms with van der Waals surface area (Å²) in [6.07, 6.45) is 0. The van der Waals surface area contributed by atoms with Crippen LogP contribution in [0.1, 0.15) is 31.1 Å². The van der Waals surface area contributed by atoms with Gasteiger partial charge in [0.15, 0.2) is 0 Å². The van der Waals surface area contributed by atoms with Crippen molar-refractivity contribution in [1.82, 2.24) is 10.3 Å². The average molecular weight is 342 g/mol. The van der Waals surface area contributed by atoms with Crippen LogP contribution in [-0.4, -0.2) is 23.0 Å². The summed E-state index contributed by atoms with van der Waals surface area (Å²) in [5, 5.41) is 3.37. The quantitative estimate of drug-likeness (QED) is 0.796. The van der Waals surface area contributed by atoms with Crippen molar-refractivity contribution in [3.63, 3.8) is 0 Å². The highest BCUT2D eigenvalue weighted by Crippen LogP contribution is 2.19. The minimum atomic E-state index is -0.591. The van der Waals surface area contributed by atoms with Gasteiger partial charge in [-0.3, -0.25) is 9.59 Å². The van der Waals surface area contributed by atoms with Gasteiger partial charge in [0.25, 0.3) is 5.91 Å². The molecule has 1 aromatic carbocycles. The fraction of sp³-hybridized carbons (Fsp3) is 0.375. The molecular weight excluding hydrogens is 321 g/mol. The van der Waals surface area contributed by atoms with Gasteiger partial charge in [-0.05, 0) is 31.0 Å². The van der Waals surface area contributed by atoms with Crippen LogP contribution in [0.25, 0.3) is 10.9 Å². The number of benzene rings is 1. The van der Waals surface area contributed by atoms with E-state index in [0.29, 0.717) is 5.39 Å². The number of carbonyl (C=O) groups excluding carboxylic acids is 1. The molecule has 1 atom stereocenters. The number of carbonyl (C=O) groups is 1. The van der Waals surface area contributed by atoms with E-state index in [1.54, 1.807) is 0 Å². The summed E-state index contributed by atoms with van der Waals surface area (Å²) in [5.74, 6) is -0.758. The van der Waals surface area contributed by atoms with Crippen LogP contribution in [-0.2, 0) is 0 Å². The first-order chi connectivity index (χ1) is 10.3. The SMILES string of the molecule is CC(C)C(C)(CN)NC(=O)c1cc(=O)[nH]c2cc(F)ccc12.Cl. The van der Waals surface area contributed by atoms with Gasteiger partial charge >= 0.3 is 0 Å². The molecule has 2 aromatic rings. The summed E-state index contributed by atoms with van der Waals surface area (Å²) in [6, 6.07) is 5.14. The third kappa shape index (κ3) is 3.89. The van der Waals surface area contributed by atoms with E-state index in [1.165, 1.54) is 24.3 Å². The second kappa shape index (κ2) is 7.10. The molecule has 0 saturated carbocycles. The molecule has 0 aliphatic heterocycles. The van der Waals surface area contributed by atoms with E-state index >= 15 is 0 Å². The van der Waals surface area contributed by atoms with Crippen LogP contribution in [0.15, 0.2) is 29.1 Å². The number of halogens is 2. The molecule has 0 aliphatic carbocycles. The van der Waals surface area contributed by atoms with Crippen molar-refractivity contribution in [2.24, 2.45) is 11.7 Å². The Morgan fingerprint density at radius 2 is 2.04 bits per heavy atom. The summed E-state index contributed by atoms with van der Waals surface area (Å²) in [4.78, 5) is 26.8. The minimum absolute atomic E-state index is 0. The van der Waals surface area contributed by atoms with Gasteiger partial charge in [0, 0.05) is 18.0 Å². The van der Waals surface area contributed by atoms with Gasteiger partial charge in [-0.2, -0.15) is 0 Å². The number of pyridine rings is 1. The number of hydrogen-bond donors (Lipinski definition) is 3. The van der Waals surface area contributed by atoms with Crippen molar-refractivity contribution in [3.8, 4) is 0 Å². The Bertz CT molecular complexity index is 775. The summed E-state index contributed by atoms with van der Waals surface area (Å²) in [7, 11) is 0. The van der Waals surface area contributed by atoms with E-state index in [1.807, 2.05) is 20.8 Å². The number of rotatable bonds is 4. The fourth-order valence-electron chi connectivity index (χ4n) is 2.18. The largest absolute Gasteiger partial charge is 0.345 e. The third-order valence-corrected chi connectivity index (χ3v) is 4.15. The Hall–Kier alpha value is -1.92. The molecule has 23 heavy (non-hydrogen) atoms. The van der Waals surface area contributed by atoms with Crippen LogP contribution in [0.3, 0.4) is 0 Å². The molecule has 0 saturated heterocycles. The molecular formula is C16H21ClFN3O2. The van der Waals surface area contributed by atoms with Crippen molar-refractivity contribution in [1.29, 1.82) is 0 Å². The highest BCUT2D eigenvalue weighted by Gasteiger charge is 2.29. The Morgan fingerprint density at radius 1 is 1.39 bits per heavy atom. The van der Waals surface area contributed by atoms with E-state index in [4.69, 9.17) is 5.73 Å². The molecule has 0 radical (unpaired) electrons. The molecule has 1 aromatic heterocycles. The van der Waals surface area contributed by atoms with Gasteiger partial charge < -0.3 is 16.0 Å². The Morgan fingerprint density at radius 3 is 2.61 bits per heavy atom. The lowest BCUT2D eigenvalue weighted by Gasteiger charge is -2.33. The topological polar surface area (TPSA) is 88.0 Å². The normalized spacial score (nSPS) is 13.5. The molecule has 1 amide bonds. The molecule has 0 fully saturated rings. The fourth-order valence-corrected chi connectivity index (χ4v) is 2.18. The molecule has 1 heterocycles. The summed E-state index contributed by atoms with van der Waals surface area (Å²) in [5.41, 5.74) is 5.21. The molecule has 4 N–H and O–H groups in total. The first-order valence-corrected chi connectivity index (χ1v) is 7.12. The highest BCUT2D eigenvalue weighted by atomic mass is 35.5. The van der Waals surface area contributed by atoms with Crippen LogP contribution in [0.2, 0.25) is 0 Å². The summed E-state index contributed by atoms with van der Waals surface area (Å²) >= 11 is 0. The molecule has 0 aliphatic rings. The van der Waals surface area contributed by atoms with E-state index in [-0.39, 0.29) is 35.9 Å². The number of fused-ring (bicyclic) bond motifs is 1. The van der Waals surface area contributed by atoms with Crippen LogP contribution >= 0.6 is 12.4 Å². The lowest BCUT2D eigenvalue weighted by atomic mass is 9.88. The van der Waals surface area contributed by atoms with Gasteiger partial charge in [0.1, 0.15) is 5.82 Å². The van der Waals surface area contributed by atoms with Crippen molar-refractivity contribution in [2.75, 3.05) is 6.54 Å². The molecule has 0 spiro atoms. The van der Waals surface area contributed by atoms with Gasteiger partial charge in [-0.25, -0.2) is 4.39 Å². The standard InChI is InChI=1S/C16H20FN3O2.ClH/c1-9(2)16(3,8-18)20-15(22)12-7-14(21)19-13-6-10(17)4-5-11(12)13;/h4-7,9H,8,18H2,1-3H3,(H,19,21)(H,20,22);1H. The first-order valence-electron chi connectivity index (χ1n) is 7.12. The highest BCUT2D eigenvalue weighted by molar-refractivity contribution is 6.06. The van der Waals surface area contributed by atoms with Crippen molar-refractivity contribution in [3.05, 3.63) is 46.0 Å². The summed E-state index contributed by atoms with van der Waals surface area (Å²) < 4.78 is 13.3. The second-order valence-electron chi connectivity index (χ2n) is 5.97. The van der Waals surface area contributed by atoms with Crippen molar-refractivity contribution in [2.45, 2.75) is 26.3 Å². The number of aromatic amines is 1. The molecule has 126 valence electrons. The Kier molecular flexibility index (Phi) is 5.91. The van der Waals surface area contributed by atoms with Crippen molar-refractivity contribution >= 4 is 29.2 Å². The van der Waals surface area contributed by atoms with E-state index in [9.17, 15) is 14.0 Å². The monoisotopic (exact) mass is 341 g/mol. The number of amides is 1. The molecule has 1 unspecified atom stereocenters. The smallest absolute Gasteiger partial charge is 0.252 e. The van der Waals surface area contributed by atoms with Gasteiger partial charge in [-0.1, -0.05) is 13.8 Å². The minimum Gasteiger partial charge on any atom is -0.345 e. The zero-order valence-electron chi connectivity index (χ0n) is 13.3. The zero-order valence-corrected chi connectivity index (χ0v) is 14.1. The van der Waals surface area contributed by atoms with Crippen LogP contribution < -0.4 is 16.6 Å². The molecule has 2 rings (SSSR count). The molecule has 7 heteroatoms. The van der Waals surface area contributed by atoms with Gasteiger partial charge in [0.2, 0.25) is 5.56 Å². The van der Waals surface area contributed by atoms with Crippen LogP contribution in [0, 0.1) is 11.7 Å². The number of nitrogens with one attached hydrogen (secondary N) is 2. The first kappa shape index (κ1) is 19.1. The number of aromatic nitrogens is 1.